The van der Waals surface area contributed by atoms with E-state index in [9.17, 15) is 14.9 Å². The van der Waals surface area contributed by atoms with E-state index >= 15 is 0 Å². The van der Waals surface area contributed by atoms with Crippen molar-refractivity contribution in [3.05, 3.63) is 33.9 Å². The van der Waals surface area contributed by atoms with Crippen molar-refractivity contribution in [2.45, 2.75) is 26.7 Å². The first-order valence-corrected chi connectivity index (χ1v) is 7.34. The lowest BCUT2D eigenvalue weighted by Crippen LogP contribution is -3.14. The van der Waals surface area contributed by atoms with Crippen molar-refractivity contribution in [3.8, 4) is 0 Å². The van der Waals surface area contributed by atoms with E-state index in [1.165, 1.54) is 11.0 Å². The minimum atomic E-state index is -0.460. The van der Waals surface area contributed by atoms with Crippen molar-refractivity contribution in [3.63, 3.8) is 0 Å². The van der Waals surface area contributed by atoms with Gasteiger partial charge in [0.1, 0.15) is 5.69 Å². The van der Waals surface area contributed by atoms with Crippen LogP contribution in [0.25, 0.3) is 0 Å². The van der Waals surface area contributed by atoms with E-state index in [-0.39, 0.29) is 11.6 Å². The van der Waals surface area contributed by atoms with Gasteiger partial charge in [0, 0.05) is 6.07 Å². The van der Waals surface area contributed by atoms with Crippen molar-refractivity contribution in [1.82, 2.24) is 0 Å². The van der Waals surface area contributed by atoms with Gasteiger partial charge in [-0.3, -0.25) is 14.9 Å². The molecule has 2 rings (SSSR count). The van der Waals surface area contributed by atoms with Crippen molar-refractivity contribution in [2.75, 3.05) is 25.0 Å². The van der Waals surface area contributed by atoms with Crippen LogP contribution in [0, 0.1) is 23.0 Å². The quantitative estimate of drug-likeness (QED) is 0.646. The molecule has 0 radical (unpaired) electrons. The lowest BCUT2D eigenvalue weighted by molar-refractivity contribution is -0.897. The number of carbonyl (C=O) groups excluding carboxylic acids is 1. The monoisotopic (exact) mass is 292 g/mol. The summed E-state index contributed by atoms with van der Waals surface area (Å²) in [6.45, 7) is 6.35. The molecule has 0 saturated carbocycles. The highest BCUT2D eigenvalue weighted by atomic mass is 16.6. The highest BCUT2D eigenvalue weighted by Crippen LogP contribution is 2.27. The highest BCUT2D eigenvalue weighted by Gasteiger charge is 2.23. The van der Waals surface area contributed by atoms with E-state index < -0.39 is 4.92 Å². The molecule has 0 unspecified atom stereocenters. The molecular weight excluding hydrogens is 270 g/mol. The van der Waals surface area contributed by atoms with E-state index in [0.29, 0.717) is 17.8 Å². The Morgan fingerprint density at radius 3 is 2.71 bits per heavy atom. The van der Waals surface area contributed by atoms with Crippen LogP contribution < -0.4 is 10.2 Å². The number of carbonyl (C=O) groups is 1. The van der Waals surface area contributed by atoms with Crippen LogP contribution in [-0.4, -0.2) is 30.5 Å². The van der Waals surface area contributed by atoms with E-state index in [1.54, 1.807) is 19.1 Å². The predicted octanol–water partition coefficient (Wildman–Crippen LogP) is 1.16. The number of hydrogen-bond donors (Lipinski definition) is 2. The number of para-hydroxylation sites is 1. The number of benzene rings is 1. The fourth-order valence-corrected chi connectivity index (χ4v) is 2.72. The third-order valence-electron chi connectivity index (χ3n) is 4.10. The Morgan fingerprint density at radius 1 is 1.43 bits per heavy atom. The average Bonchev–Trinajstić information content (AvgIpc) is 2.43. The number of likely N-dealkylation sites (tertiary alicyclic amines) is 1. The number of aryl methyl sites for hydroxylation is 1. The predicted molar refractivity (Wildman–Crippen MR) is 80.4 cm³/mol. The fraction of sp³-hybridized carbons (Fsp3) is 0.533. The molecule has 6 heteroatoms. The molecule has 1 saturated heterocycles. The number of quaternary nitrogens is 1. The smallest absolute Gasteiger partial charge is 0.293 e. The Morgan fingerprint density at radius 2 is 2.10 bits per heavy atom. The summed E-state index contributed by atoms with van der Waals surface area (Å²) in [5.41, 5.74) is 0.975. The zero-order valence-electron chi connectivity index (χ0n) is 12.5. The maximum absolute atomic E-state index is 12.1. The molecule has 1 aromatic rings. The van der Waals surface area contributed by atoms with Crippen LogP contribution in [0.15, 0.2) is 18.2 Å². The number of rotatable bonds is 4. The van der Waals surface area contributed by atoms with Crippen LogP contribution in [0.5, 0.6) is 0 Å². The summed E-state index contributed by atoms with van der Waals surface area (Å²) < 4.78 is 0. The third kappa shape index (κ3) is 4.01. The highest BCUT2D eigenvalue weighted by molar-refractivity contribution is 5.94. The van der Waals surface area contributed by atoms with E-state index in [4.69, 9.17) is 0 Å². The fourth-order valence-electron chi connectivity index (χ4n) is 2.72. The summed E-state index contributed by atoms with van der Waals surface area (Å²) in [5, 5.41) is 13.7. The number of nitro benzene ring substituents is 1. The molecule has 0 bridgehead atoms. The van der Waals surface area contributed by atoms with Gasteiger partial charge in [0.15, 0.2) is 6.54 Å². The first-order valence-electron chi connectivity index (χ1n) is 7.34. The van der Waals surface area contributed by atoms with Crippen molar-refractivity contribution < 1.29 is 14.6 Å². The number of anilines is 1. The zero-order chi connectivity index (χ0) is 15.4. The van der Waals surface area contributed by atoms with Gasteiger partial charge in [0.2, 0.25) is 0 Å². The molecule has 21 heavy (non-hydrogen) atoms. The van der Waals surface area contributed by atoms with Crippen molar-refractivity contribution in [2.24, 2.45) is 5.92 Å². The molecular formula is C15H22N3O3+. The number of nitrogens with zero attached hydrogens (tertiary/aromatic N) is 1. The van der Waals surface area contributed by atoms with Gasteiger partial charge in [-0.05, 0) is 31.2 Å². The second-order valence-electron chi connectivity index (χ2n) is 5.88. The normalized spacial score (nSPS) is 21.8. The van der Waals surface area contributed by atoms with Crippen molar-refractivity contribution >= 4 is 17.3 Å². The molecule has 1 heterocycles. The number of nitro groups is 1. The van der Waals surface area contributed by atoms with E-state index in [1.807, 2.05) is 0 Å². The molecule has 1 aliphatic heterocycles. The topological polar surface area (TPSA) is 76.7 Å². The molecule has 0 spiro atoms. The van der Waals surface area contributed by atoms with Crippen LogP contribution in [0.1, 0.15) is 25.3 Å². The zero-order valence-corrected chi connectivity index (χ0v) is 12.5. The molecule has 1 aliphatic rings. The number of hydrogen-bond acceptors (Lipinski definition) is 3. The summed E-state index contributed by atoms with van der Waals surface area (Å²) >= 11 is 0. The number of amides is 1. The second kappa shape index (κ2) is 6.67. The van der Waals surface area contributed by atoms with E-state index in [0.717, 1.165) is 31.8 Å². The number of nitrogens with one attached hydrogen (secondary N) is 2. The minimum absolute atomic E-state index is 0.0504. The maximum atomic E-state index is 12.1. The van der Waals surface area contributed by atoms with Crippen LogP contribution in [-0.2, 0) is 4.79 Å². The third-order valence-corrected chi connectivity index (χ3v) is 4.10. The SMILES string of the molecule is Cc1cccc([N+](=O)[O-])c1NC(=O)C[NH+]1CCC(C)CC1. The Balaban J connectivity index is 2.01. The Hall–Kier alpha value is -1.95. The molecule has 0 atom stereocenters. The summed E-state index contributed by atoms with van der Waals surface area (Å²) in [6.07, 6.45) is 2.26. The second-order valence-corrected chi connectivity index (χ2v) is 5.88. The molecule has 0 aliphatic carbocycles. The lowest BCUT2D eigenvalue weighted by Gasteiger charge is -2.26. The molecule has 6 nitrogen and oxygen atoms in total. The van der Waals surface area contributed by atoms with Gasteiger partial charge < -0.3 is 10.2 Å². The Bertz CT molecular complexity index is 537. The Labute approximate surface area is 124 Å². The molecule has 1 aromatic carbocycles. The van der Waals surface area contributed by atoms with Gasteiger partial charge in [0.25, 0.3) is 11.6 Å². The maximum Gasteiger partial charge on any atom is 0.293 e. The van der Waals surface area contributed by atoms with Crippen LogP contribution in [0.2, 0.25) is 0 Å². The van der Waals surface area contributed by atoms with Crippen molar-refractivity contribution in [1.29, 1.82) is 0 Å². The molecule has 2 N–H and O–H groups in total. The van der Waals surface area contributed by atoms with Gasteiger partial charge in [-0.1, -0.05) is 19.1 Å². The minimum Gasteiger partial charge on any atom is -0.327 e. The van der Waals surface area contributed by atoms with Crippen LogP contribution >= 0.6 is 0 Å². The van der Waals surface area contributed by atoms with Crippen LogP contribution in [0.3, 0.4) is 0 Å². The Kier molecular flexibility index (Phi) is 4.90. The molecule has 114 valence electrons. The largest absolute Gasteiger partial charge is 0.327 e. The summed E-state index contributed by atoms with van der Waals surface area (Å²) in [7, 11) is 0. The molecule has 1 fully saturated rings. The molecule has 0 aromatic heterocycles. The van der Waals surface area contributed by atoms with Gasteiger partial charge in [-0.15, -0.1) is 0 Å². The standard InChI is InChI=1S/C15H21N3O3/c1-11-6-8-17(9-7-11)10-14(19)16-15-12(2)4-3-5-13(15)18(20)21/h3-5,11H,6-10H2,1-2H3,(H,16,19)/p+1. The van der Waals surface area contributed by atoms with Gasteiger partial charge in [-0.2, -0.15) is 0 Å². The van der Waals surface area contributed by atoms with Gasteiger partial charge in [0.05, 0.1) is 18.0 Å². The first-order chi connectivity index (χ1) is 9.97. The first kappa shape index (κ1) is 15.4. The van der Waals surface area contributed by atoms with Crippen LogP contribution in [0.4, 0.5) is 11.4 Å². The summed E-state index contributed by atoms with van der Waals surface area (Å²) in [4.78, 5) is 24.0. The lowest BCUT2D eigenvalue weighted by atomic mass is 9.99. The summed E-state index contributed by atoms with van der Waals surface area (Å²) in [6, 6.07) is 4.80. The number of piperidine rings is 1. The van der Waals surface area contributed by atoms with Gasteiger partial charge in [-0.25, -0.2) is 0 Å². The van der Waals surface area contributed by atoms with E-state index in [2.05, 4.69) is 12.2 Å². The average molecular weight is 292 g/mol. The van der Waals surface area contributed by atoms with Gasteiger partial charge >= 0.3 is 0 Å². The molecule has 1 amide bonds. The summed E-state index contributed by atoms with van der Waals surface area (Å²) in [5.74, 6) is 0.575.